The van der Waals surface area contributed by atoms with Crippen LogP contribution in [0.15, 0.2) is 29.0 Å². The first-order valence-electron chi connectivity index (χ1n) is 4.14. The molecule has 0 aromatic heterocycles. The van der Waals surface area contributed by atoms with Gasteiger partial charge in [-0.3, -0.25) is 4.79 Å². The van der Waals surface area contributed by atoms with Crippen LogP contribution in [0.5, 0.6) is 0 Å². The molecule has 0 bridgehead atoms. The van der Waals surface area contributed by atoms with E-state index in [1.54, 1.807) is 12.3 Å². The minimum Gasteiger partial charge on any atom is -0.388 e. The van der Waals surface area contributed by atoms with Gasteiger partial charge < -0.3 is 10.6 Å². The zero-order chi connectivity index (χ0) is 9.26. The summed E-state index contributed by atoms with van der Waals surface area (Å²) in [7, 11) is 0. The van der Waals surface area contributed by atoms with E-state index < -0.39 is 0 Å². The van der Waals surface area contributed by atoms with E-state index in [1.807, 2.05) is 12.2 Å². The van der Waals surface area contributed by atoms with Crippen molar-refractivity contribution >= 4 is 12.0 Å². The summed E-state index contributed by atoms with van der Waals surface area (Å²) in [5.74, 6) is 0.0468. The van der Waals surface area contributed by atoms with Crippen LogP contribution in [0.2, 0.25) is 0 Å². The first kappa shape index (κ1) is 8.19. The molecule has 4 nitrogen and oxygen atoms in total. The molecule has 0 fully saturated rings. The van der Waals surface area contributed by atoms with E-state index in [9.17, 15) is 4.79 Å². The molecule has 0 saturated carbocycles. The molecule has 0 amide bonds. The van der Waals surface area contributed by atoms with Gasteiger partial charge in [0, 0.05) is 5.57 Å². The highest BCUT2D eigenvalue weighted by molar-refractivity contribution is 6.00. The van der Waals surface area contributed by atoms with Gasteiger partial charge in [-0.15, -0.1) is 0 Å². The monoisotopic (exact) mass is 178 g/mol. The Bertz CT molecular complexity index is 318. The third-order valence-electron chi connectivity index (χ3n) is 2.14. The maximum atomic E-state index is 11.2. The van der Waals surface area contributed by atoms with Crippen LogP contribution in [0.25, 0.3) is 0 Å². The SMILES string of the molecule is NCC(=O)C1=CC2C=NOC2C=C1. The minimum absolute atomic E-state index is 0.0330. The average Bonchev–Trinajstić information content (AvgIpc) is 2.63. The van der Waals surface area contributed by atoms with Crippen molar-refractivity contribution < 1.29 is 9.63 Å². The van der Waals surface area contributed by atoms with E-state index in [2.05, 4.69) is 5.16 Å². The van der Waals surface area contributed by atoms with Crippen molar-refractivity contribution in [3.63, 3.8) is 0 Å². The van der Waals surface area contributed by atoms with Crippen molar-refractivity contribution in [3.8, 4) is 0 Å². The first-order chi connectivity index (χ1) is 6.31. The molecule has 0 saturated heterocycles. The highest BCUT2D eigenvalue weighted by atomic mass is 16.6. The van der Waals surface area contributed by atoms with Gasteiger partial charge in [-0.05, 0) is 6.08 Å². The Kier molecular flexibility index (Phi) is 1.98. The van der Waals surface area contributed by atoms with Crippen molar-refractivity contribution in [2.45, 2.75) is 6.10 Å². The molecular formula is C9H10N2O2. The lowest BCUT2D eigenvalue weighted by Crippen LogP contribution is -2.22. The second kappa shape index (κ2) is 3.14. The number of allylic oxidation sites excluding steroid dienone is 1. The standard InChI is InChI=1S/C9H10N2O2/c10-4-8(12)6-1-2-9-7(3-6)5-11-13-9/h1-3,5,7,9H,4,10H2. The number of carbonyl (C=O) groups excluding carboxylic acids is 1. The number of oxime groups is 1. The van der Waals surface area contributed by atoms with Gasteiger partial charge in [-0.1, -0.05) is 17.3 Å². The highest BCUT2D eigenvalue weighted by Crippen LogP contribution is 2.22. The third-order valence-corrected chi connectivity index (χ3v) is 2.14. The number of Topliss-reactive ketones (excluding diaryl/α,β-unsaturated/α-hetero) is 1. The summed E-state index contributed by atoms with van der Waals surface area (Å²) in [6.45, 7) is 0.0472. The molecule has 1 heterocycles. The number of ketones is 1. The largest absolute Gasteiger partial charge is 0.388 e. The van der Waals surface area contributed by atoms with E-state index in [0.29, 0.717) is 5.57 Å². The molecule has 13 heavy (non-hydrogen) atoms. The Morgan fingerprint density at radius 1 is 1.69 bits per heavy atom. The molecule has 2 unspecified atom stereocenters. The van der Waals surface area contributed by atoms with Crippen LogP contribution in [0.1, 0.15) is 0 Å². The van der Waals surface area contributed by atoms with Crippen LogP contribution < -0.4 is 5.73 Å². The zero-order valence-corrected chi connectivity index (χ0v) is 7.01. The summed E-state index contributed by atoms with van der Waals surface area (Å²) in [4.78, 5) is 16.2. The molecule has 2 rings (SSSR count). The van der Waals surface area contributed by atoms with E-state index in [1.165, 1.54) is 0 Å². The maximum Gasteiger partial charge on any atom is 0.176 e. The fourth-order valence-electron chi connectivity index (χ4n) is 1.40. The Labute approximate surface area is 75.7 Å². The second-order valence-corrected chi connectivity index (χ2v) is 3.01. The molecule has 2 N–H and O–H groups in total. The summed E-state index contributed by atoms with van der Waals surface area (Å²) in [6, 6.07) is 0. The average molecular weight is 178 g/mol. The molecule has 0 spiro atoms. The molecular weight excluding hydrogens is 168 g/mol. The van der Waals surface area contributed by atoms with Gasteiger partial charge in [0.2, 0.25) is 0 Å². The second-order valence-electron chi connectivity index (χ2n) is 3.01. The lowest BCUT2D eigenvalue weighted by molar-refractivity contribution is -0.114. The van der Waals surface area contributed by atoms with Crippen molar-refractivity contribution in [1.29, 1.82) is 0 Å². The summed E-state index contributed by atoms with van der Waals surface area (Å²) >= 11 is 0. The Balaban J connectivity index is 2.19. The summed E-state index contributed by atoms with van der Waals surface area (Å²) < 4.78 is 0. The summed E-state index contributed by atoms with van der Waals surface area (Å²) in [5.41, 5.74) is 5.90. The van der Waals surface area contributed by atoms with Crippen molar-refractivity contribution in [3.05, 3.63) is 23.8 Å². The van der Waals surface area contributed by atoms with E-state index in [0.717, 1.165) is 0 Å². The predicted molar refractivity (Wildman–Crippen MR) is 48.1 cm³/mol. The predicted octanol–water partition coefficient (Wildman–Crippen LogP) is 0.0112. The molecule has 0 aromatic rings. The molecule has 2 aliphatic rings. The van der Waals surface area contributed by atoms with Crippen LogP contribution in [0, 0.1) is 5.92 Å². The smallest absolute Gasteiger partial charge is 0.176 e. The molecule has 0 radical (unpaired) electrons. The normalized spacial score (nSPS) is 29.5. The van der Waals surface area contributed by atoms with Gasteiger partial charge in [-0.2, -0.15) is 0 Å². The van der Waals surface area contributed by atoms with E-state index in [4.69, 9.17) is 10.6 Å². The lowest BCUT2D eigenvalue weighted by atomic mass is 9.93. The van der Waals surface area contributed by atoms with Gasteiger partial charge in [0.25, 0.3) is 0 Å². The number of carbonyl (C=O) groups is 1. The van der Waals surface area contributed by atoms with Gasteiger partial charge in [0.05, 0.1) is 18.7 Å². The van der Waals surface area contributed by atoms with Crippen molar-refractivity contribution in [2.24, 2.45) is 16.8 Å². The molecule has 1 aliphatic heterocycles. The van der Waals surface area contributed by atoms with Gasteiger partial charge in [0.15, 0.2) is 11.9 Å². The van der Waals surface area contributed by atoms with Gasteiger partial charge in [0.1, 0.15) is 0 Å². The number of hydrogen-bond acceptors (Lipinski definition) is 4. The summed E-state index contributed by atoms with van der Waals surface area (Å²) in [6.07, 6.45) is 7.08. The highest BCUT2D eigenvalue weighted by Gasteiger charge is 2.26. The van der Waals surface area contributed by atoms with Crippen LogP contribution in [0.3, 0.4) is 0 Å². The van der Waals surface area contributed by atoms with Crippen molar-refractivity contribution in [2.75, 3.05) is 6.54 Å². The number of hydrogen-bond donors (Lipinski definition) is 1. The first-order valence-corrected chi connectivity index (χ1v) is 4.14. The topological polar surface area (TPSA) is 64.7 Å². The van der Waals surface area contributed by atoms with Crippen LogP contribution in [-0.2, 0) is 9.63 Å². The minimum atomic E-state index is -0.0463. The summed E-state index contributed by atoms with van der Waals surface area (Å²) in [5, 5.41) is 3.68. The zero-order valence-electron chi connectivity index (χ0n) is 7.01. The molecule has 0 aromatic carbocycles. The van der Waals surface area contributed by atoms with Crippen LogP contribution >= 0.6 is 0 Å². The maximum absolute atomic E-state index is 11.2. The molecule has 68 valence electrons. The van der Waals surface area contributed by atoms with Crippen LogP contribution in [-0.4, -0.2) is 24.6 Å². The van der Waals surface area contributed by atoms with Gasteiger partial charge >= 0.3 is 0 Å². The molecule has 4 heteroatoms. The number of rotatable bonds is 2. The number of fused-ring (bicyclic) bond motifs is 1. The number of nitrogens with two attached hydrogens (primary N) is 1. The Morgan fingerprint density at radius 2 is 2.54 bits per heavy atom. The Morgan fingerprint density at radius 3 is 3.31 bits per heavy atom. The third kappa shape index (κ3) is 1.40. The lowest BCUT2D eigenvalue weighted by Gasteiger charge is -2.14. The quantitative estimate of drug-likeness (QED) is 0.647. The Hall–Kier alpha value is -1.42. The fourth-order valence-corrected chi connectivity index (χ4v) is 1.40. The van der Waals surface area contributed by atoms with Crippen LogP contribution in [0.4, 0.5) is 0 Å². The number of nitrogens with zero attached hydrogens (tertiary/aromatic N) is 1. The fraction of sp³-hybridized carbons (Fsp3) is 0.333. The molecule has 1 aliphatic carbocycles. The van der Waals surface area contributed by atoms with Gasteiger partial charge in [-0.25, -0.2) is 0 Å². The van der Waals surface area contributed by atoms with E-state index in [-0.39, 0.29) is 24.3 Å². The van der Waals surface area contributed by atoms with E-state index >= 15 is 0 Å². The molecule has 2 atom stereocenters. The van der Waals surface area contributed by atoms with Crippen molar-refractivity contribution in [1.82, 2.24) is 0 Å².